The summed E-state index contributed by atoms with van der Waals surface area (Å²) in [4.78, 5) is 60.9. The monoisotopic (exact) mass is 437 g/mol. The molecule has 0 spiro atoms. The fourth-order valence-corrected chi connectivity index (χ4v) is 3.76. The Morgan fingerprint density at radius 3 is 1.66 bits per heavy atom. The molecule has 0 radical (unpaired) electrons. The van der Waals surface area contributed by atoms with Crippen LogP contribution in [0.3, 0.4) is 0 Å². The second kappa shape index (κ2) is 11.6. The fourth-order valence-electron chi connectivity index (χ4n) is 2.37. The third-order valence-corrected chi connectivity index (χ3v) is 5.26. The molecule has 0 atom stereocenters. The second-order valence-corrected chi connectivity index (χ2v) is 8.06. The van der Waals surface area contributed by atoms with E-state index in [1.165, 1.54) is 12.1 Å². The van der Waals surface area contributed by atoms with Gasteiger partial charge in [0.15, 0.2) is 10.3 Å². The van der Waals surface area contributed by atoms with Gasteiger partial charge in [0.2, 0.25) is 11.8 Å². The first kappa shape index (κ1) is 22.9. The van der Waals surface area contributed by atoms with Crippen LogP contribution in [-0.4, -0.2) is 43.3 Å². The van der Waals surface area contributed by atoms with Crippen molar-refractivity contribution in [2.24, 2.45) is 0 Å². The molecular formula is C18H23N5O4S2. The fraction of sp³-hybridized carbons (Fsp3) is 0.444. The maximum absolute atomic E-state index is 12.0. The zero-order valence-corrected chi connectivity index (χ0v) is 17.9. The van der Waals surface area contributed by atoms with Crippen molar-refractivity contribution in [2.45, 2.75) is 49.8 Å². The number of carbonyl (C=O) groups is 2. The summed E-state index contributed by atoms with van der Waals surface area (Å²) in [6.07, 6.45) is 3.06. The van der Waals surface area contributed by atoms with Crippen LogP contribution in [0.1, 0.15) is 38.1 Å². The molecule has 2 heterocycles. The highest BCUT2D eigenvalue weighted by Crippen LogP contribution is 2.13. The first-order valence-electron chi connectivity index (χ1n) is 9.18. The van der Waals surface area contributed by atoms with Gasteiger partial charge in [-0.2, -0.15) is 0 Å². The van der Waals surface area contributed by atoms with E-state index in [2.05, 4.69) is 25.3 Å². The lowest BCUT2D eigenvalue weighted by atomic mass is 10.2. The lowest BCUT2D eigenvalue weighted by Gasteiger charge is -2.05. The standard InChI is InChI=1S/C18H23N5O4S2/c1-3-5-11-7-13(24)22-17(19-11)28-9-15(26)21-16(27)10-29-18-20-12(6-4-2)8-14(25)23-18/h7-8H,3-6,9-10H2,1-2H3,(H,19,22,24)(H,20,23,25)(H,21,26,27). The van der Waals surface area contributed by atoms with Gasteiger partial charge in [0.1, 0.15) is 0 Å². The van der Waals surface area contributed by atoms with E-state index >= 15 is 0 Å². The van der Waals surface area contributed by atoms with Gasteiger partial charge in [-0.1, -0.05) is 50.2 Å². The molecule has 29 heavy (non-hydrogen) atoms. The highest BCUT2D eigenvalue weighted by atomic mass is 32.2. The predicted octanol–water partition coefficient (Wildman–Crippen LogP) is 1.29. The van der Waals surface area contributed by atoms with Gasteiger partial charge in [0, 0.05) is 23.5 Å². The Bertz CT molecular complexity index is 896. The van der Waals surface area contributed by atoms with Crippen LogP contribution in [-0.2, 0) is 22.4 Å². The Morgan fingerprint density at radius 2 is 1.28 bits per heavy atom. The van der Waals surface area contributed by atoms with Gasteiger partial charge in [-0.25, -0.2) is 9.97 Å². The van der Waals surface area contributed by atoms with Crippen molar-refractivity contribution in [3.63, 3.8) is 0 Å². The van der Waals surface area contributed by atoms with Crippen molar-refractivity contribution in [2.75, 3.05) is 11.5 Å². The Morgan fingerprint density at radius 1 is 0.862 bits per heavy atom. The molecule has 3 N–H and O–H groups in total. The van der Waals surface area contributed by atoms with Crippen LogP contribution in [0.4, 0.5) is 0 Å². The van der Waals surface area contributed by atoms with Gasteiger partial charge in [-0.15, -0.1) is 0 Å². The highest BCUT2D eigenvalue weighted by molar-refractivity contribution is 8.00. The average Bonchev–Trinajstić information content (AvgIpc) is 2.64. The normalized spacial score (nSPS) is 10.7. The molecular weight excluding hydrogens is 414 g/mol. The van der Waals surface area contributed by atoms with E-state index in [-0.39, 0.29) is 22.6 Å². The SMILES string of the molecule is CCCc1cc(=O)[nH]c(SCC(=O)NC(=O)CSc2nc(CCC)cc(=O)[nH]2)n1. The zero-order chi connectivity index (χ0) is 21.2. The van der Waals surface area contributed by atoms with E-state index in [0.717, 1.165) is 36.4 Å². The molecule has 156 valence electrons. The van der Waals surface area contributed by atoms with Gasteiger partial charge in [-0.3, -0.25) is 24.5 Å². The van der Waals surface area contributed by atoms with Gasteiger partial charge < -0.3 is 9.97 Å². The summed E-state index contributed by atoms with van der Waals surface area (Å²) in [5.74, 6) is -1.11. The first-order valence-corrected chi connectivity index (χ1v) is 11.2. The number of hydrogen-bond donors (Lipinski definition) is 3. The summed E-state index contributed by atoms with van der Waals surface area (Å²) in [5, 5.41) is 2.95. The molecule has 0 aliphatic rings. The van der Waals surface area contributed by atoms with Gasteiger partial charge in [0.25, 0.3) is 11.1 Å². The smallest absolute Gasteiger partial charge is 0.251 e. The van der Waals surface area contributed by atoms with Crippen molar-refractivity contribution >= 4 is 35.3 Å². The highest BCUT2D eigenvalue weighted by Gasteiger charge is 2.12. The Labute approximate surface area is 175 Å². The van der Waals surface area contributed by atoms with Crippen LogP contribution in [0, 0.1) is 0 Å². The molecule has 0 unspecified atom stereocenters. The third kappa shape index (κ3) is 8.24. The number of rotatable bonds is 10. The van der Waals surface area contributed by atoms with Crippen molar-refractivity contribution < 1.29 is 9.59 Å². The number of nitrogens with one attached hydrogen (secondary N) is 3. The number of aromatic nitrogens is 4. The number of thioether (sulfide) groups is 2. The number of aromatic amines is 2. The van der Waals surface area contributed by atoms with E-state index in [4.69, 9.17) is 0 Å². The number of carbonyl (C=O) groups excluding carboxylic acids is 2. The Kier molecular flexibility index (Phi) is 9.13. The van der Waals surface area contributed by atoms with Crippen molar-refractivity contribution in [3.8, 4) is 0 Å². The molecule has 2 amide bonds. The van der Waals surface area contributed by atoms with Crippen LogP contribution in [0.5, 0.6) is 0 Å². The topological polar surface area (TPSA) is 138 Å². The summed E-state index contributed by atoms with van der Waals surface area (Å²) < 4.78 is 0. The van der Waals surface area contributed by atoms with Gasteiger partial charge in [0.05, 0.1) is 11.5 Å². The minimum atomic E-state index is -0.495. The van der Waals surface area contributed by atoms with Gasteiger partial charge >= 0.3 is 0 Å². The number of imide groups is 1. The number of nitrogens with zero attached hydrogens (tertiary/aromatic N) is 2. The summed E-state index contributed by atoms with van der Waals surface area (Å²) in [5.41, 5.74) is 0.785. The lowest BCUT2D eigenvalue weighted by Crippen LogP contribution is -2.33. The number of hydrogen-bond acceptors (Lipinski definition) is 8. The zero-order valence-electron chi connectivity index (χ0n) is 16.2. The molecule has 0 saturated carbocycles. The maximum atomic E-state index is 12.0. The number of amides is 2. The number of H-pyrrole nitrogens is 2. The maximum Gasteiger partial charge on any atom is 0.251 e. The van der Waals surface area contributed by atoms with Crippen LogP contribution >= 0.6 is 23.5 Å². The summed E-state index contributed by atoms with van der Waals surface area (Å²) in [6.45, 7) is 3.97. The molecule has 9 nitrogen and oxygen atoms in total. The average molecular weight is 438 g/mol. The van der Waals surface area contributed by atoms with E-state index in [0.29, 0.717) is 34.5 Å². The van der Waals surface area contributed by atoms with Crippen LogP contribution < -0.4 is 16.4 Å². The van der Waals surface area contributed by atoms with E-state index < -0.39 is 11.8 Å². The molecule has 0 fully saturated rings. The quantitative estimate of drug-likeness (QED) is 0.373. The first-order chi connectivity index (χ1) is 13.9. The van der Waals surface area contributed by atoms with Crippen LogP contribution in [0.2, 0.25) is 0 Å². The van der Waals surface area contributed by atoms with E-state index in [9.17, 15) is 19.2 Å². The molecule has 0 aliphatic heterocycles. The third-order valence-electron chi connectivity index (χ3n) is 3.52. The molecule has 0 bridgehead atoms. The van der Waals surface area contributed by atoms with Crippen LogP contribution in [0.15, 0.2) is 32.0 Å². The Balaban J connectivity index is 1.83. The summed E-state index contributed by atoms with van der Waals surface area (Å²) in [7, 11) is 0. The molecule has 2 aromatic heterocycles. The predicted molar refractivity (Wildman–Crippen MR) is 112 cm³/mol. The molecule has 11 heteroatoms. The minimum Gasteiger partial charge on any atom is -0.301 e. The van der Waals surface area contributed by atoms with Crippen molar-refractivity contribution in [3.05, 3.63) is 44.2 Å². The van der Waals surface area contributed by atoms with E-state index in [1.54, 1.807) is 0 Å². The summed E-state index contributed by atoms with van der Waals surface area (Å²) in [6, 6.07) is 2.87. The van der Waals surface area contributed by atoms with E-state index in [1.807, 2.05) is 13.8 Å². The van der Waals surface area contributed by atoms with Crippen LogP contribution in [0.25, 0.3) is 0 Å². The minimum absolute atomic E-state index is 0.0595. The van der Waals surface area contributed by atoms with Gasteiger partial charge in [-0.05, 0) is 12.8 Å². The molecule has 2 rings (SSSR count). The number of aryl methyl sites for hydroxylation is 2. The van der Waals surface area contributed by atoms with Crippen molar-refractivity contribution in [1.82, 2.24) is 25.3 Å². The Hall–Kier alpha value is -2.40. The molecule has 2 aromatic rings. The molecule has 0 aliphatic carbocycles. The molecule has 0 saturated heterocycles. The second-order valence-electron chi connectivity index (χ2n) is 6.13. The molecule has 0 aromatic carbocycles. The largest absolute Gasteiger partial charge is 0.301 e. The summed E-state index contributed by atoms with van der Waals surface area (Å²) >= 11 is 2.10. The lowest BCUT2D eigenvalue weighted by molar-refractivity contribution is -0.127. The van der Waals surface area contributed by atoms with Crippen molar-refractivity contribution in [1.29, 1.82) is 0 Å².